The Balaban J connectivity index is 3.27. The highest BCUT2D eigenvalue weighted by Crippen LogP contribution is 2.42. The number of hydrogen-bond donors (Lipinski definition) is 1. The summed E-state index contributed by atoms with van der Waals surface area (Å²) in [4.78, 5) is 11.9. The molecule has 0 aliphatic heterocycles. The standard InChI is InChI=1S/C14H22O4/c1-7-14(18-9(4)5)10(6)11(15)12(16)13(14)17-8(2)3/h7-10,16H,1H2,2-6H3/t10-,14+/m1/s1. The van der Waals surface area contributed by atoms with Crippen LogP contribution in [0.25, 0.3) is 0 Å². The molecule has 4 nitrogen and oxygen atoms in total. The monoisotopic (exact) mass is 254 g/mol. The molecule has 0 aromatic carbocycles. The molecule has 0 unspecified atom stereocenters. The van der Waals surface area contributed by atoms with Crippen LogP contribution in [0.2, 0.25) is 0 Å². The predicted molar refractivity (Wildman–Crippen MR) is 69.2 cm³/mol. The number of rotatable bonds is 5. The van der Waals surface area contributed by atoms with E-state index in [2.05, 4.69) is 6.58 Å². The zero-order chi connectivity index (χ0) is 14.1. The number of carbonyl (C=O) groups is 1. The Morgan fingerprint density at radius 2 is 1.89 bits per heavy atom. The molecule has 2 atom stereocenters. The summed E-state index contributed by atoms with van der Waals surface area (Å²) in [6, 6.07) is 0. The van der Waals surface area contributed by atoms with Crippen LogP contribution in [0.3, 0.4) is 0 Å². The van der Waals surface area contributed by atoms with E-state index in [0.717, 1.165) is 0 Å². The minimum absolute atomic E-state index is 0.116. The van der Waals surface area contributed by atoms with Crippen molar-refractivity contribution in [3.63, 3.8) is 0 Å². The zero-order valence-corrected chi connectivity index (χ0v) is 11.7. The van der Waals surface area contributed by atoms with Gasteiger partial charge in [-0.1, -0.05) is 19.6 Å². The van der Waals surface area contributed by atoms with Gasteiger partial charge in [0.1, 0.15) is 0 Å². The summed E-state index contributed by atoms with van der Waals surface area (Å²) in [7, 11) is 0. The van der Waals surface area contributed by atoms with E-state index in [1.165, 1.54) is 6.08 Å². The van der Waals surface area contributed by atoms with Gasteiger partial charge in [-0.25, -0.2) is 0 Å². The Bertz CT molecular complexity index is 381. The summed E-state index contributed by atoms with van der Waals surface area (Å²) in [5, 5.41) is 9.93. The lowest BCUT2D eigenvalue weighted by atomic mass is 9.90. The SMILES string of the molecule is C=C[C@@]1(OC(C)C)C(OC(C)C)=C(O)C(=O)[C@H]1C. The minimum Gasteiger partial charge on any atom is -0.502 e. The maximum Gasteiger partial charge on any atom is 0.207 e. The highest BCUT2D eigenvalue weighted by Gasteiger charge is 2.54. The van der Waals surface area contributed by atoms with Crippen LogP contribution in [0.5, 0.6) is 0 Å². The van der Waals surface area contributed by atoms with Crippen LogP contribution in [0, 0.1) is 5.92 Å². The molecule has 0 radical (unpaired) electrons. The highest BCUT2D eigenvalue weighted by atomic mass is 16.6. The molecule has 0 saturated carbocycles. The number of Topliss-reactive ketones (excluding diaryl/α,β-unsaturated/α-hetero) is 1. The number of aliphatic hydroxyl groups excluding tert-OH is 1. The van der Waals surface area contributed by atoms with Gasteiger partial charge in [-0.2, -0.15) is 0 Å². The fourth-order valence-corrected chi connectivity index (χ4v) is 2.14. The Kier molecular flexibility index (Phi) is 4.22. The van der Waals surface area contributed by atoms with Crippen LogP contribution >= 0.6 is 0 Å². The largest absolute Gasteiger partial charge is 0.502 e. The lowest BCUT2D eigenvalue weighted by Gasteiger charge is -2.34. The van der Waals surface area contributed by atoms with Crippen molar-refractivity contribution in [1.82, 2.24) is 0 Å². The van der Waals surface area contributed by atoms with Gasteiger partial charge in [-0.15, -0.1) is 0 Å². The topological polar surface area (TPSA) is 55.8 Å². The predicted octanol–water partition coefficient (Wildman–Crippen LogP) is 2.75. The van der Waals surface area contributed by atoms with Crippen LogP contribution in [0.4, 0.5) is 0 Å². The molecule has 0 fully saturated rings. The highest BCUT2D eigenvalue weighted by molar-refractivity contribution is 6.00. The zero-order valence-electron chi connectivity index (χ0n) is 11.7. The van der Waals surface area contributed by atoms with Gasteiger partial charge in [-0.3, -0.25) is 4.79 Å². The first-order chi connectivity index (χ1) is 8.26. The van der Waals surface area contributed by atoms with Crippen molar-refractivity contribution in [1.29, 1.82) is 0 Å². The number of ether oxygens (including phenoxy) is 2. The average molecular weight is 254 g/mol. The first-order valence-corrected chi connectivity index (χ1v) is 6.22. The van der Waals surface area contributed by atoms with Crippen molar-refractivity contribution in [3.8, 4) is 0 Å². The molecular formula is C14H22O4. The number of allylic oxidation sites excluding steroid dienone is 1. The second kappa shape index (κ2) is 5.14. The van der Waals surface area contributed by atoms with E-state index in [0.29, 0.717) is 0 Å². The van der Waals surface area contributed by atoms with Crippen molar-refractivity contribution in [2.75, 3.05) is 0 Å². The number of hydrogen-bond acceptors (Lipinski definition) is 4. The van der Waals surface area contributed by atoms with E-state index in [1.807, 2.05) is 27.7 Å². The molecule has 0 aromatic heterocycles. The molecule has 0 bridgehead atoms. The molecule has 4 heteroatoms. The number of carbonyl (C=O) groups excluding carboxylic acids is 1. The third-order valence-corrected chi connectivity index (χ3v) is 2.93. The first-order valence-electron chi connectivity index (χ1n) is 6.22. The summed E-state index contributed by atoms with van der Waals surface area (Å²) in [5.74, 6) is -1.08. The molecule has 1 N–H and O–H groups in total. The van der Waals surface area contributed by atoms with E-state index in [-0.39, 0.29) is 29.5 Å². The van der Waals surface area contributed by atoms with Crippen molar-refractivity contribution >= 4 is 5.78 Å². The Morgan fingerprint density at radius 1 is 1.33 bits per heavy atom. The first kappa shape index (κ1) is 14.8. The maximum atomic E-state index is 11.9. The van der Waals surface area contributed by atoms with Crippen LogP contribution < -0.4 is 0 Å². The molecule has 0 amide bonds. The van der Waals surface area contributed by atoms with Gasteiger partial charge in [0.25, 0.3) is 0 Å². The lowest BCUT2D eigenvalue weighted by Crippen LogP contribution is -2.41. The van der Waals surface area contributed by atoms with Crippen molar-refractivity contribution < 1.29 is 19.4 Å². The third kappa shape index (κ3) is 2.29. The second-order valence-corrected chi connectivity index (χ2v) is 5.09. The molecule has 0 aromatic rings. The van der Waals surface area contributed by atoms with Crippen molar-refractivity contribution in [2.45, 2.75) is 52.4 Å². The van der Waals surface area contributed by atoms with E-state index in [1.54, 1.807) is 6.92 Å². The van der Waals surface area contributed by atoms with E-state index in [9.17, 15) is 9.90 Å². The Morgan fingerprint density at radius 3 is 2.28 bits per heavy atom. The summed E-state index contributed by atoms with van der Waals surface area (Å²) in [6.07, 6.45) is 1.27. The smallest absolute Gasteiger partial charge is 0.207 e. The fourth-order valence-electron chi connectivity index (χ4n) is 2.14. The molecule has 0 heterocycles. The van der Waals surface area contributed by atoms with Crippen molar-refractivity contribution in [2.24, 2.45) is 5.92 Å². The molecule has 1 aliphatic rings. The van der Waals surface area contributed by atoms with E-state index < -0.39 is 11.5 Å². The summed E-state index contributed by atoms with van der Waals surface area (Å²) >= 11 is 0. The van der Waals surface area contributed by atoms with Gasteiger partial charge in [0, 0.05) is 0 Å². The third-order valence-electron chi connectivity index (χ3n) is 2.93. The van der Waals surface area contributed by atoms with Crippen LogP contribution in [-0.4, -0.2) is 28.7 Å². The quantitative estimate of drug-likeness (QED) is 0.766. The lowest BCUT2D eigenvalue weighted by molar-refractivity contribution is -0.128. The number of ketones is 1. The minimum atomic E-state index is -1.07. The second-order valence-electron chi connectivity index (χ2n) is 5.09. The van der Waals surface area contributed by atoms with Gasteiger partial charge in [0.2, 0.25) is 11.5 Å². The fraction of sp³-hybridized carbons (Fsp3) is 0.643. The number of aliphatic hydroxyl groups is 1. The van der Waals surface area contributed by atoms with Gasteiger partial charge in [-0.05, 0) is 27.7 Å². The van der Waals surface area contributed by atoms with Gasteiger partial charge < -0.3 is 14.6 Å². The van der Waals surface area contributed by atoms with Gasteiger partial charge in [0.15, 0.2) is 11.4 Å². The molecule has 0 saturated heterocycles. The molecule has 0 spiro atoms. The van der Waals surface area contributed by atoms with Crippen LogP contribution in [0.1, 0.15) is 34.6 Å². The Hall–Kier alpha value is -1.29. The van der Waals surface area contributed by atoms with E-state index >= 15 is 0 Å². The normalized spacial score (nSPS) is 28.4. The Labute approximate surface area is 108 Å². The molecule has 18 heavy (non-hydrogen) atoms. The maximum absolute atomic E-state index is 11.9. The van der Waals surface area contributed by atoms with Crippen LogP contribution in [0.15, 0.2) is 24.2 Å². The summed E-state index contributed by atoms with van der Waals surface area (Å²) in [5.41, 5.74) is -1.07. The molecule has 1 aliphatic carbocycles. The average Bonchev–Trinajstić information content (AvgIpc) is 2.44. The summed E-state index contributed by atoms with van der Waals surface area (Å²) in [6.45, 7) is 12.8. The van der Waals surface area contributed by atoms with E-state index in [4.69, 9.17) is 9.47 Å². The van der Waals surface area contributed by atoms with Crippen molar-refractivity contribution in [3.05, 3.63) is 24.2 Å². The summed E-state index contributed by atoms with van der Waals surface area (Å²) < 4.78 is 11.4. The molecule has 102 valence electrons. The molecular weight excluding hydrogens is 232 g/mol. The van der Waals surface area contributed by atoms with Gasteiger partial charge in [0.05, 0.1) is 18.1 Å². The van der Waals surface area contributed by atoms with Crippen LogP contribution in [-0.2, 0) is 14.3 Å². The molecule has 1 rings (SSSR count). The van der Waals surface area contributed by atoms with Gasteiger partial charge >= 0.3 is 0 Å².